The van der Waals surface area contributed by atoms with E-state index in [9.17, 15) is 4.79 Å². The Morgan fingerprint density at radius 1 is 1.33 bits per heavy atom. The van der Waals surface area contributed by atoms with Gasteiger partial charge in [0.05, 0.1) is 16.8 Å². The SMILES string of the molecule is Cc1ccc2nc(N(Cc3cccnc3)C(=O)C3CCC3)sc2c1. The molecule has 0 unspecified atom stereocenters. The topological polar surface area (TPSA) is 46.1 Å². The van der Waals surface area contributed by atoms with Crippen LogP contribution < -0.4 is 4.90 Å². The Balaban J connectivity index is 1.71. The molecule has 4 nitrogen and oxygen atoms in total. The van der Waals surface area contributed by atoms with Gasteiger partial charge in [-0.15, -0.1) is 0 Å². The standard InChI is InChI=1S/C19H19N3OS/c1-13-7-8-16-17(10-13)24-19(21-16)22(18(23)15-5-2-6-15)12-14-4-3-9-20-11-14/h3-4,7-11,15H,2,5-6,12H2,1H3. The number of aryl methyl sites for hydroxylation is 1. The number of hydrogen-bond donors (Lipinski definition) is 0. The Morgan fingerprint density at radius 2 is 2.21 bits per heavy atom. The molecule has 1 aromatic carbocycles. The van der Waals surface area contributed by atoms with Crippen LogP contribution in [0.25, 0.3) is 10.2 Å². The average molecular weight is 337 g/mol. The highest BCUT2D eigenvalue weighted by atomic mass is 32.1. The lowest BCUT2D eigenvalue weighted by Gasteiger charge is -2.30. The maximum absolute atomic E-state index is 12.9. The third kappa shape index (κ3) is 2.91. The zero-order valence-electron chi connectivity index (χ0n) is 13.6. The highest BCUT2D eigenvalue weighted by Crippen LogP contribution is 2.35. The molecule has 5 heteroatoms. The second-order valence-corrected chi connectivity index (χ2v) is 7.39. The first-order valence-corrected chi connectivity index (χ1v) is 9.10. The van der Waals surface area contributed by atoms with Crippen molar-refractivity contribution in [2.75, 3.05) is 4.90 Å². The normalized spacial score (nSPS) is 14.5. The third-order valence-corrected chi connectivity index (χ3v) is 5.59. The third-order valence-electron chi connectivity index (χ3n) is 4.55. The van der Waals surface area contributed by atoms with Gasteiger partial charge in [-0.25, -0.2) is 4.98 Å². The predicted molar refractivity (Wildman–Crippen MR) is 97.1 cm³/mol. The van der Waals surface area contributed by atoms with Crippen LogP contribution in [-0.2, 0) is 11.3 Å². The van der Waals surface area contributed by atoms with Crippen molar-refractivity contribution < 1.29 is 4.79 Å². The number of benzene rings is 1. The van der Waals surface area contributed by atoms with Crippen LogP contribution in [-0.4, -0.2) is 15.9 Å². The summed E-state index contributed by atoms with van der Waals surface area (Å²) in [5.74, 6) is 0.344. The molecular formula is C19H19N3OS. The minimum atomic E-state index is 0.149. The highest BCUT2D eigenvalue weighted by molar-refractivity contribution is 7.22. The van der Waals surface area contributed by atoms with E-state index in [1.165, 1.54) is 5.56 Å². The number of nitrogens with zero attached hydrogens (tertiary/aromatic N) is 3. The van der Waals surface area contributed by atoms with Crippen LogP contribution in [0.4, 0.5) is 5.13 Å². The van der Waals surface area contributed by atoms with Gasteiger partial charge in [0.15, 0.2) is 5.13 Å². The molecule has 4 rings (SSSR count). The van der Waals surface area contributed by atoms with Crippen LogP contribution in [0, 0.1) is 12.8 Å². The Kier molecular flexibility index (Phi) is 4.02. The molecule has 0 atom stereocenters. The van der Waals surface area contributed by atoms with Crippen LogP contribution in [0.3, 0.4) is 0 Å². The Bertz CT molecular complexity index is 871. The number of hydrogen-bond acceptors (Lipinski definition) is 4. The minimum Gasteiger partial charge on any atom is -0.283 e. The van der Waals surface area contributed by atoms with Gasteiger partial charge < -0.3 is 0 Å². The highest BCUT2D eigenvalue weighted by Gasteiger charge is 2.31. The maximum atomic E-state index is 12.9. The monoisotopic (exact) mass is 337 g/mol. The van der Waals surface area contributed by atoms with Crippen molar-refractivity contribution in [3.05, 3.63) is 53.9 Å². The molecule has 0 aliphatic heterocycles. The van der Waals surface area contributed by atoms with Gasteiger partial charge in [-0.2, -0.15) is 0 Å². The number of anilines is 1. The molecule has 1 saturated carbocycles. The fourth-order valence-electron chi connectivity index (χ4n) is 2.92. The predicted octanol–water partition coefficient (Wildman–Crippen LogP) is 4.33. The summed E-state index contributed by atoms with van der Waals surface area (Å²) in [4.78, 5) is 23.7. The van der Waals surface area contributed by atoms with Crippen LogP contribution in [0.15, 0.2) is 42.7 Å². The number of amides is 1. The molecule has 24 heavy (non-hydrogen) atoms. The molecular weight excluding hydrogens is 318 g/mol. The van der Waals surface area contributed by atoms with E-state index >= 15 is 0 Å². The Hall–Kier alpha value is -2.27. The van der Waals surface area contributed by atoms with Crippen molar-refractivity contribution in [2.24, 2.45) is 5.92 Å². The van der Waals surface area contributed by atoms with Crippen molar-refractivity contribution in [2.45, 2.75) is 32.7 Å². The van der Waals surface area contributed by atoms with Gasteiger partial charge in [-0.3, -0.25) is 14.7 Å². The molecule has 0 bridgehead atoms. The summed E-state index contributed by atoms with van der Waals surface area (Å²) < 4.78 is 1.13. The molecule has 0 N–H and O–H groups in total. The van der Waals surface area contributed by atoms with E-state index in [0.717, 1.165) is 40.2 Å². The second kappa shape index (κ2) is 6.32. The first kappa shape index (κ1) is 15.3. The van der Waals surface area contributed by atoms with Gasteiger partial charge in [0, 0.05) is 18.3 Å². The summed E-state index contributed by atoms with van der Waals surface area (Å²) in [5.41, 5.74) is 3.20. The molecule has 1 aliphatic carbocycles. The van der Waals surface area contributed by atoms with Crippen LogP contribution in [0.2, 0.25) is 0 Å². The zero-order valence-corrected chi connectivity index (χ0v) is 14.4. The Morgan fingerprint density at radius 3 is 2.92 bits per heavy atom. The van der Waals surface area contributed by atoms with Gasteiger partial charge in [0.1, 0.15) is 0 Å². The molecule has 0 radical (unpaired) electrons. The molecule has 1 aliphatic rings. The number of carbonyl (C=O) groups excluding carboxylic acids is 1. The van der Waals surface area contributed by atoms with E-state index in [1.807, 2.05) is 29.3 Å². The van der Waals surface area contributed by atoms with Gasteiger partial charge in [0.25, 0.3) is 0 Å². The number of carbonyl (C=O) groups is 1. The van der Waals surface area contributed by atoms with E-state index in [2.05, 4.69) is 24.0 Å². The number of thiazole rings is 1. The molecule has 0 saturated heterocycles. The Labute approximate surface area is 145 Å². The average Bonchev–Trinajstić information content (AvgIpc) is 2.94. The van der Waals surface area contributed by atoms with E-state index in [1.54, 1.807) is 17.5 Å². The van der Waals surface area contributed by atoms with E-state index in [4.69, 9.17) is 4.98 Å². The van der Waals surface area contributed by atoms with Crippen LogP contribution >= 0.6 is 11.3 Å². The quantitative estimate of drug-likeness (QED) is 0.712. The van der Waals surface area contributed by atoms with Gasteiger partial charge in [0.2, 0.25) is 5.91 Å². The molecule has 1 fully saturated rings. The number of aromatic nitrogens is 2. The van der Waals surface area contributed by atoms with Crippen LogP contribution in [0.5, 0.6) is 0 Å². The largest absolute Gasteiger partial charge is 0.283 e. The van der Waals surface area contributed by atoms with Gasteiger partial charge >= 0.3 is 0 Å². The van der Waals surface area contributed by atoms with Crippen molar-refractivity contribution >= 4 is 32.6 Å². The summed E-state index contributed by atoms with van der Waals surface area (Å²) in [7, 11) is 0. The smallest absolute Gasteiger partial charge is 0.232 e. The number of pyridine rings is 1. The van der Waals surface area contributed by atoms with Crippen molar-refractivity contribution in [3.8, 4) is 0 Å². The summed E-state index contributed by atoms with van der Waals surface area (Å²) in [5, 5.41) is 0.788. The molecule has 122 valence electrons. The number of rotatable bonds is 4. The van der Waals surface area contributed by atoms with E-state index < -0.39 is 0 Å². The lowest BCUT2D eigenvalue weighted by atomic mass is 9.84. The van der Waals surface area contributed by atoms with Gasteiger partial charge in [-0.05, 0) is 49.1 Å². The van der Waals surface area contributed by atoms with Crippen molar-refractivity contribution in [1.82, 2.24) is 9.97 Å². The number of fused-ring (bicyclic) bond motifs is 1. The molecule has 0 spiro atoms. The molecule has 2 aromatic heterocycles. The fourth-order valence-corrected chi connectivity index (χ4v) is 3.99. The molecule has 3 aromatic rings. The van der Waals surface area contributed by atoms with E-state index in [-0.39, 0.29) is 11.8 Å². The molecule has 2 heterocycles. The fraction of sp³-hybridized carbons (Fsp3) is 0.316. The van der Waals surface area contributed by atoms with Crippen molar-refractivity contribution in [3.63, 3.8) is 0 Å². The first-order chi connectivity index (χ1) is 11.7. The summed E-state index contributed by atoms with van der Waals surface area (Å²) in [6.07, 6.45) is 6.70. The van der Waals surface area contributed by atoms with Crippen molar-refractivity contribution in [1.29, 1.82) is 0 Å². The summed E-state index contributed by atoms with van der Waals surface area (Å²) in [6, 6.07) is 10.1. The minimum absolute atomic E-state index is 0.149. The first-order valence-electron chi connectivity index (χ1n) is 8.28. The summed E-state index contributed by atoms with van der Waals surface area (Å²) in [6.45, 7) is 2.60. The van der Waals surface area contributed by atoms with Gasteiger partial charge in [-0.1, -0.05) is 29.9 Å². The van der Waals surface area contributed by atoms with Crippen LogP contribution in [0.1, 0.15) is 30.4 Å². The zero-order chi connectivity index (χ0) is 16.5. The second-order valence-electron chi connectivity index (χ2n) is 6.38. The summed E-state index contributed by atoms with van der Waals surface area (Å²) >= 11 is 1.59. The molecule has 1 amide bonds. The lowest BCUT2D eigenvalue weighted by molar-refractivity contribution is -0.124. The maximum Gasteiger partial charge on any atom is 0.232 e. The van der Waals surface area contributed by atoms with E-state index in [0.29, 0.717) is 6.54 Å². The lowest BCUT2D eigenvalue weighted by Crippen LogP contribution is -2.38.